The molecule has 0 aliphatic carbocycles. The van der Waals surface area contributed by atoms with E-state index in [1.54, 1.807) is 30.1 Å². The lowest BCUT2D eigenvalue weighted by atomic mass is 10.2. The predicted molar refractivity (Wildman–Crippen MR) is 99.4 cm³/mol. The highest BCUT2D eigenvalue weighted by Gasteiger charge is 2.10. The average molecular weight is 354 g/mol. The molecule has 0 amide bonds. The number of rotatable bonds is 5. The first kappa shape index (κ1) is 15.0. The topological polar surface area (TPSA) is 89.6 Å². The van der Waals surface area contributed by atoms with E-state index in [0.29, 0.717) is 5.13 Å². The highest BCUT2D eigenvalue weighted by atomic mass is 32.1. The fourth-order valence-corrected chi connectivity index (χ4v) is 4.15. The van der Waals surface area contributed by atoms with E-state index >= 15 is 0 Å². The largest absolute Gasteiger partial charge is 0.375 e. The Morgan fingerprint density at radius 1 is 1.08 bits per heavy atom. The van der Waals surface area contributed by atoms with Gasteiger partial charge in [0, 0.05) is 41.3 Å². The molecule has 0 spiro atoms. The number of nitrogens with zero attached hydrogens (tertiary/aromatic N) is 4. The third-order valence-electron chi connectivity index (χ3n) is 3.51. The van der Waals surface area contributed by atoms with Gasteiger partial charge in [0.25, 0.3) is 0 Å². The Balaban J connectivity index is 1.56. The smallest absolute Gasteiger partial charge is 0.180 e. The number of thiazole rings is 1. The SMILES string of the molecule is Nc1ncc(CCNc2ncnc3cc(-c4ccncc4)sc23)s1. The summed E-state index contributed by atoms with van der Waals surface area (Å²) in [5.74, 6) is 0.864. The molecule has 0 saturated heterocycles. The fourth-order valence-electron chi connectivity index (χ4n) is 2.38. The van der Waals surface area contributed by atoms with E-state index in [-0.39, 0.29) is 0 Å². The number of anilines is 2. The zero-order valence-electron chi connectivity index (χ0n) is 12.6. The van der Waals surface area contributed by atoms with Crippen LogP contribution in [0, 0.1) is 0 Å². The van der Waals surface area contributed by atoms with Crippen LogP contribution in [0.1, 0.15) is 4.88 Å². The lowest BCUT2D eigenvalue weighted by Gasteiger charge is -2.04. The second kappa shape index (κ2) is 6.50. The Morgan fingerprint density at radius 2 is 1.96 bits per heavy atom. The van der Waals surface area contributed by atoms with Crippen molar-refractivity contribution in [2.45, 2.75) is 6.42 Å². The Kier molecular flexibility index (Phi) is 4.06. The zero-order chi connectivity index (χ0) is 16.4. The van der Waals surface area contributed by atoms with E-state index < -0.39 is 0 Å². The van der Waals surface area contributed by atoms with Crippen molar-refractivity contribution in [3.63, 3.8) is 0 Å². The van der Waals surface area contributed by atoms with Crippen LogP contribution in [0.4, 0.5) is 10.9 Å². The van der Waals surface area contributed by atoms with Gasteiger partial charge in [0.2, 0.25) is 0 Å². The van der Waals surface area contributed by atoms with Gasteiger partial charge in [-0.2, -0.15) is 0 Å². The lowest BCUT2D eigenvalue weighted by Crippen LogP contribution is -2.05. The van der Waals surface area contributed by atoms with Crippen LogP contribution in [0.3, 0.4) is 0 Å². The van der Waals surface area contributed by atoms with Gasteiger partial charge in [-0.25, -0.2) is 15.0 Å². The molecule has 4 heterocycles. The van der Waals surface area contributed by atoms with Gasteiger partial charge < -0.3 is 11.1 Å². The van der Waals surface area contributed by atoms with E-state index in [2.05, 4.69) is 31.3 Å². The highest BCUT2D eigenvalue weighted by Crippen LogP contribution is 2.35. The maximum absolute atomic E-state index is 5.66. The van der Waals surface area contributed by atoms with Crippen molar-refractivity contribution >= 4 is 43.8 Å². The number of aromatic nitrogens is 4. The maximum atomic E-state index is 5.66. The van der Waals surface area contributed by atoms with Gasteiger partial charge in [-0.3, -0.25) is 4.98 Å². The molecule has 120 valence electrons. The molecule has 8 heteroatoms. The number of hydrogen-bond acceptors (Lipinski definition) is 8. The minimum atomic E-state index is 0.606. The van der Waals surface area contributed by atoms with Crippen LogP contribution in [0.2, 0.25) is 0 Å². The quantitative estimate of drug-likeness (QED) is 0.570. The summed E-state index contributed by atoms with van der Waals surface area (Å²) in [6.07, 6.45) is 7.88. The summed E-state index contributed by atoms with van der Waals surface area (Å²) in [7, 11) is 0. The van der Waals surface area contributed by atoms with Crippen LogP contribution in [-0.2, 0) is 6.42 Å². The molecule has 4 aromatic rings. The summed E-state index contributed by atoms with van der Waals surface area (Å²) in [6, 6.07) is 6.09. The van der Waals surface area contributed by atoms with E-state index in [1.165, 1.54) is 11.3 Å². The normalized spacial score (nSPS) is 11.0. The number of fused-ring (bicyclic) bond motifs is 1. The van der Waals surface area contributed by atoms with Gasteiger partial charge in [0.1, 0.15) is 12.1 Å². The Morgan fingerprint density at radius 3 is 2.75 bits per heavy atom. The summed E-state index contributed by atoms with van der Waals surface area (Å²) in [6.45, 7) is 0.774. The second-order valence-corrected chi connectivity index (χ2v) is 7.32. The van der Waals surface area contributed by atoms with Crippen molar-refractivity contribution in [1.82, 2.24) is 19.9 Å². The minimum Gasteiger partial charge on any atom is -0.375 e. The summed E-state index contributed by atoms with van der Waals surface area (Å²) in [5.41, 5.74) is 7.75. The molecule has 0 saturated carbocycles. The fraction of sp³-hybridized carbons (Fsp3) is 0.125. The summed E-state index contributed by atoms with van der Waals surface area (Å²) in [5, 5.41) is 4.00. The molecule has 0 fully saturated rings. The number of nitrogens with two attached hydrogens (primary N) is 1. The van der Waals surface area contributed by atoms with Crippen LogP contribution >= 0.6 is 22.7 Å². The Hall–Kier alpha value is -2.58. The van der Waals surface area contributed by atoms with Gasteiger partial charge in [-0.15, -0.1) is 22.7 Å². The lowest BCUT2D eigenvalue weighted by molar-refractivity contribution is 1.02. The van der Waals surface area contributed by atoms with Gasteiger partial charge in [0.05, 0.1) is 10.2 Å². The van der Waals surface area contributed by atoms with Gasteiger partial charge in [-0.1, -0.05) is 0 Å². The van der Waals surface area contributed by atoms with E-state index in [4.69, 9.17) is 5.73 Å². The van der Waals surface area contributed by atoms with Crippen LogP contribution in [0.5, 0.6) is 0 Å². The zero-order valence-corrected chi connectivity index (χ0v) is 14.3. The van der Waals surface area contributed by atoms with Gasteiger partial charge >= 0.3 is 0 Å². The number of nitrogen functional groups attached to an aromatic ring is 1. The molecule has 0 aromatic carbocycles. The van der Waals surface area contributed by atoms with E-state index in [1.807, 2.05) is 18.3 Å². The van der Waals surface area contributed by atoms with Gasteiger partial charge in [0.15, 0.2) is 5.13 Å². The minimum absolute atomic E-state index is 0.606. The first-order chi connectivity index (χ1) is 11.8. The van der Waals surface area contributed by atoms with Crippen molar-refractivity contribution in [3.8, 4) is 10.4 Å². The molecule has 0 bridgehead atoms. The molecule has 0 unspecified atom stereocenters. The molecule has 4 aromatic heterocycles. The summed E-state index contributed by atoms with van der Waals surface area (Å²) < 4.78 is 1.06. The molecular formula is C16H14N6S2. The van der Waals surface area contributed by atoms with E-state index in [0.717, 1.165) is 44.3 Å². The van der Waals surface area contributed by atoms with Crippen LogP contribution in [0.15, 0.2) is 43.1 Å². The first-order valence-corrected chi connectivity index (χ1v) is 9.02. The van der Waals surface area contributed by atoms with E-state index in [9.17, 15) is 0 Å². The van der Waals surface area contributed by atoms with Crippen molar-refractivity contribution in [1.29, 1.82) is 0 Å². The van der Waals surface area contributed by atoms with Crippen molar-refractivity contribution in [2.75, 3.05) is 17.6 Å². The molecule has 4 rings (SSSR count). The van der Waals surface area contributed by atoms with Crippen LogP contribution < -0.4 is 11.1 Å². The highest BCUT2D eigenvalue weighted by molar-refractivity contribution is 7.22. The van der Waals surface area contributed by atoms with Gasteiger partial charge in [-0.05, 0) is 23.8 Å². The molecule has 0 aliphatic heterocycles. The van der Waals surface area contributed by atoms with Crippen LogP contribution in [0.25, 0.3) is 20.7 Å². The van der Waals surface area contributed by atoms with Crippen molar-refractivity contribution in [3.05, 3.63) is 48.0 Å². The third kappa shape index (κ3) is 3.06. The van der Waals surface area contributed by atoms with Crippen LogP contribution in [-0.4, -0.2) is 26.5 Å². The van der Waals surface area contributed by atoms with Crippen molar-refractivity contribution in [2.24, 2.45) is 0 Å². The molecule has 0 atom stereocenters. The number of pyridine rings is 1. The van der Waals surface area contributed by atoms with Crippen molar-refractivity contribution < 1.29 is 0 Å². The maximum Gasteiger partial charge on any atom is 0.180 e. The summed E-state index contributed by atoms with van der Waals surface area (Å²) >= 11 is 3.20. The molecule has 6 nitrogen and oxygen atoms in total. The number of thiophene rings is 1. The standard InChI is InChI=1S/C16H14N6S2/c17-16-20-8-11(23-16)3-6-19-15-14-12(21-9-22-15)7-13(24-14)10-1-4-18-5-2-10/h1-2,4-5,7-9H,3,6H2,(H2,17,20)(H,19,21,22). The molecule has 0 radical (unpaired) electrons. The molecular weight excluding hydrogens is 340 g/mol. The first-order valence-electron chi connectivity index (χ1n) is 7.38. The summed E-state index contributed by atoms with van der Waals surface area (Å²) in [4.78, 5) is 19.2. The Bertz CT molecular complexity index is 963. The second-order valence-electron chi connectivity index (χ2n) is 5.12. The number of nitrogens with one attached hydrogen (secondary N) is 1. The third-order valence-corrected chi connectivity index (χ3v) is 5.58. The average Bonchev–Trinajstić information content (AvgIpc) is 3.22. The predicted octanol–water partition coefficient (Wildman–Crippen LogP) is 3.45. The number of hydrogen-bond donors (Lipinski definition) is 2. The Labute approximate surface area is 146 Å². The molecule has 3 N–H and O–H groups in total. The monoisotopic (exact) mass is 354 g/mol. The molecule has 0 aliphatic rings. The molecule has 24 heavy (non-hydrogen) atoms.